The summed E-state index contributed by atoms with van der Waals surface area (Å²) in [4.78, 5) is 44.6. The van der Waals surface area contributed by atoms with Gasteiger partial charge in [0.25, 0.3) is 11.1 Å². The van der Waals surface area contributed by atoms with Crippen molar-refractivity contribution in [1.82, 2.24) is 30.2 Å². The summed E-state index contributed by atoms with van der Waals surface area (Å²) in [5, 5.41) is 24.1. The minimum atomic E-state index is -0.936. The van der Waals surface area contributed by atoms with Crippen molar-refractivity contribution in [2.24, 2.45) is 0 Å². The van der Waals surface area contributed by atoms with Gasteiger partial charge in [-0.2, -0.15) is 10.2 Å². The lowest BCUT2D eigenvalue weighted by molar-refractivity contribution is -0.767. The molecule has 252 valence electrons. The summed E-state index contributed by atoms with van der Waals surface area (Å²) in [6.45, 7) is 3.89. The van der Waals surface area contributed by atoms with Crippen LogP contribution in [0.4, 0.5) is 0 Å². The Hall–Kier alpha value is -6.32. The Morgan fingerprint density at radius 1 is 1.06 bits per heavy atom. The molecule has 3 aromatic heterocycles. The van der Waals surface area contributed by atoms with E-state index >= 15 is 0 Å². The highest BCUT2D eigenvalue weighted by molar-refractivity contribution is 5.94. The SMILES string of the molecule is CCOc1nc2ccc(C(=O)OCc3oc(=O)oc3CCC[C@@H](C)O[N+](=O)[O-])cc2n1Cc1ccc(-c2ccccc2-c2nn[nH]n2)cc1. The monoisotopic (exact) mass is 669 g/mol. The normalized spacial score (nSPS) is 11.8. The molecule has 0 spiro atoms. The maximum Gasteiger partial charge on any atom is 0.519 e. The van der Waals surface area contributed by atoms with Gasteiger partial charge in [0.05, 0.1) is 29.7 Å². The molecule has 16 nitrogen and oxygen atoms in total. The summed E-state index contributed by atoms with van der Waals surface area (Å²) in [5.74, 6) is -0.823. The van der Waals surface area contributed by atoms with Gasteiger partial charge in [-0.1, -0.05) is 48.5 Å². The first-order valence-corrected chi connectivity index (χ1v) is 15.4. The number of hydrogen-bond donors (Lipinski definition) is 1. The zero-order valence-corrected chi connectivity index (χ0v) is 26.5. The molecule has 0 unspecified atom stereocenters. The Balaban J connectivity index is 1.17. The predicted molar refractivity (Wildman–Crippen MR) is 172 cm³/mol. The molecule has 1 N–H and O–H groups in total. The van der Waals surface area contributed by atoms with Gasteiger partial charge in [0.2, 0.25) is 5.82 Å². The van der Waals surface area contributed by atoms with Crippen molar-refractivity contribution in [2.75, 3.05) is 6.61 Å². The lowest BCUT2D eigenvalue weighted by atomic mass is 9.98. The Morgan fingerprint density at radius 2 is 1.84 bits per heavy atom. The number of esters is 1. The highest BCUT2D eigenvalue weighted by atomic mass is 17.0. The Bertz CT molecular complexity index is 2120. The van der Waals surface area contributed by atoms with Crippen LogP contribution in [0, 0.1) is 10.1 Å². The topological polar surface area (TPSA) is 204 Å². The number of nitrogens with one attached hydrogen (secondary N) is 1. The number of rotatable bonds is 15. The molecule has 0 aliphatic carbocycles. The molecule has 0 fully saturated rings. The minimum absolute atomic E-state index is 0.0642. The number of aromatic nitrogens is 6. The van der Waals surface area contributed by atoms with Crippen LogP contribution in [-0.2, 0) is 29.1 Å². The van der Waals surface area contributed by atoms with Crippen LogP contribution in [0.2, 0.25) is 0 Å². The van der Waals surface area contributed by atoms with E-state index in [2.05, 4.69) is 30.4 Å². The zero-order valence-electron chi connectivity index (χ0n) is 26.5. The molecule has 6 rings (SSSR count). The maximum absolute atomic E-state index is 13.1. The van der Waals surface area contributed by atoms with Gasteiger partial charge < -0.3 is 23.1 Å². The lowest BCUT2D eigenvalue weighted by Gasteiger charge is -2.11. The van der Waals surface area contributed by atoms with E-state index in [1.54, 1.807) is 25.1 Å². The molecule has 16 heteroatoms. The molecule has 0 saturated carbocycles. The molecule has 49 heavy (non-hydrogen) atoms. The zero-order chi connectivity index (χ0) is 34.3. The number of fused-ring (bicyclic) bond motifs is 1. The van der Waals surface area contributed by atoms with E-state index in [0.717, 1.165) is 22.3 Å². The summed E-state index contributed by atoms with van der Waals surface area (Å²) in [5.41, 5.74) is 5.29. The standard InChI is InChI=1S/C33H31N7O9/c1-3-45-32-34-26-16-15-23(31(41)46-19-29-28(47-33(42)48-29)10-6-7-20(2)49-40(43)44)17-27(26)39(32)18-21-11-13-22(14-12-21)24-8-4-5-9-25(24)30-35-37-38-36-30/h4-5,8-9,11-17,20H,3,6-7,10,18-19H2,1-2H3,(H,35,36,37,38)/t20-/m1/s1. The highest BCUT2D eigenvalue weighted by Gasteiger charge is 2.20. The fraction of sp³-hybridized carbons (Fsp3) is 0.273. The lowest BCUT2D eigenvalue weighted by Crippen LogP contribution is -2.13. The molecule has 0 bridgehead atoms. The molecule has 3 aromatic carbocycles. The van der Waals surface area contributed by atoms with Crippen LogP contribution in [0.5, 0.6) is 6.01 Å². The van der Waals surface area contributed by atoms with Crippen molar-refractivity contribution in [3.05, 3.63) is 110 Å². The van der Waals surface area contributed by atoms with Gasteiger partial charge in [-0.25, -0.2) is 9.59 Å². The number of ether oxygens (including phenoxy) is 2. The fourth-order valence-electron chi connectivity index (χ4n) is 5.40. The van der Waals surface area contributed by atoms with Crippen molar-refractivity contribution in [1.29, 1.82) is 0 Å². The molecule has 0 aliphatic rings. The average molecular weight is 670 g/mol. The maximum atomic E-state index is 13.1. The van der Waals surface area contributed by atoms with E-state index in [1.165, 1.54) is 0 Å². The number of benzene rings is 3. The van der Waals surface area contributed by atoms with Gasteiger partial charge in [0, 0.05) is 12.0 Å². The van der Waals surface area contributed by atoms with Gasteiger partial charge in [0.1, 0.15) is 6.10 Å². The van der Waals surface area contributed by atoms with Crippen LogP contribution in [-0.4, -0.2) is 53.9 Å². The fourth-order valence-corrected chi connectivity index (χ4v) is 5.40. The second kappa shape index (κ2) is 14.6. The van der Waals surface area contributed by atoms with Crippen LogP contribution in [0.25, 0.3) is 33.5 Å². The van der Waals surface area contributed by atoms with Crippen molar-refractivity contribution in [3.63, 3.8) is 0 Å². The van der Waals surface area contributed by atoms with Gasteiger partial charge in [-0.15, -0.1) is 20.3 Å². The van der Waals surface area contributed by atoms with E-state index in [0.29, 0.717) is 48.9 Å². The quantitative estimate of drug-likeness (QED) is 0.0854. The number of hydrogen-bond acceptors (Lipinski definition) is 13. The van der Waals surface area contributed by atoms with Gasteiger partial charge in [-0.05, 0) is 66.8 Å². The molecule has 0 radical (unpaired) electrons. The molecular weight excluding hydrogens is 638 g/mol. The Labute approximate surface area is 277 Å². The molecule has 6 aromatic rings. The summed E-state index contributed by atoms with van der Waals surface area (Å²) in [6.07, 6.45) is 0.359. The number of H-pyrrole nitrogens is 1. The van der Waals surface area contributed by atoms with Gasteiger partial charge in [0.15, 0.2) is 18.1 Å². The van der Waals surface area contributed by atoms with Crippen LogP contribution in [0.3, 0.4) is 0 Å². The predicted octanol–water partition coefficient (Wildman–Crippen LogP) is 5.15. The number of aromatic amines is 1. The summed E-state index contributed by atoms with van der Waals surface area (Å²) in [6, 6.07) is 21.2. The number of tetrazole rings is 1. The molecule has 1 atom stereocenters. The van der Waals surface area contributed by atoms with E-state index in [4.69, 9.17) is 18.3 Å². The number of aryl methyl sites for hydroxylation is 1. The average Bonchev–Trinajstić information content (AvgIpc) is 3.83. The third-order valence-electron chi connectivity index (χ3n) is 7.68. The van der Waals surface area contributed by atoms with E-state index in [1.807, 2.05) is 60.0 Å². The Kier molecular flexibility index (Phi) is 9.73. The van der Waals surface area contributed by atoms with Crippen molar-refractivity contribution in [2.45, 2.75) is 52.4 Å². The van der Waals surface area contributed by atoms with Crippen molar-refractivity contribution in [3.8, 4) is 28.5 Å². The van der Waals surface area contributed by atoms with E-state index < -0.39 is 23.0 Å². The van der Waals surface area contributed by atoms with Gasteiger partial charge in [-0.3, -0.25) is 4.57 Å². The number of carbonyl (C=O) groups excluding carboxylic acids is 1. The highest BCUT2D eigenvalue weighted by Crippen LogP contribution is 2.31. The number of carbonyl (C=O) groups is 1. The Morgan fingerprint density at radius 3 is 2.57 bits per heavy atom. The van der Waals surface area contributed by atoms with Crippen LogP contribution >= 0.6 is 0 Å². The van der Waals surface area contributed by atoms with E-state index in [9.17, 15) is 19.7 Å². The first-order chi connectivity index (χ1) is 23.8. The van der Waals surface area contributed by atoms with Crippen molar-refractivity contribution >= 4 is 17.0 Å². The first kappa shape index (κ1) is 32.6. The second-order valence-electron chi connectivity index (χ2n) is 11.0. The van der Waals surface area contributed by atoms with E-state index in [-0.39, 0.29) is 30.1 Å². The number of imidazole rings is 1. The summed E-state index contributed by atoms with van der Waals surface area (Å²) < 4.78 is 23.4. The molecule has 3 heterocycles. The molecule has 0 aliphatic heterocycles. The molecule has 0 amide bonds. The van der Waals surface area contributed by atoms with Crippen LogP contribution < -0.4 is 10.6 Å². The third-order valence-corrected chi connectivity index (χ3v) is 7.68. The van der Waals surface area contributed by atoms with Crippen molar-refractivity contribution < 1.29 is 33.0 Å². The first-order valence-electron chi connectivity index (χ1n) is 15.4. The summed E-state index contributed by atoms with van der Waals surface area (Å²) >= 11 is 0. The largest absolute Gasteiger partial charge is 0.519 e. The third kappa shape index (κ3) is 7.64. The number of nitrogens with zero attached hydrogens (tertiary/aromatic N) is 6. The molecular formula is C33H31N7O9. The van der Waals surface area contributed by atoms with Crippen LogP contribution in [0.15, 0.2) is 80.4 Å². The smallest absolute Gasteiger partial charge is 0.465 e. The second-order valence-corrected chi connectivity index (χ2v) is 11.0. The van der Waals surface area contributed by atoms with Gasteiger partial charge >= 0.3 is 11.8 Å². The summed E-state index contributed by atoms with van der Waals surface area (Å²) in [7, 11) is 0. The molecule has 0 saturated heterocycles. The minimum Gasteiger partial charge on any atom is -0.465 e. The van der Waals surface area contributed by atoms with Crippen LogP contribution in [0.1, 0.15) is 54.1 Å².